The number of benzene rings is 1. The fourth-order valence-electron chi connectivity index (χ4n) is 2.43. The van der Waals surface area contributed by atoms with Crippen molar-refractivity contribution in [2.24, 2.45) is 10.7 Å². The lowest BCUT2D eigenvalue weighted by Gasteiger charge is -2.36. The Morgan fingerprint density at radius 3 is 2.45 bits per heavy atom. The van der Waals surface area contributed by atoms with Crippen LogP contribution in [0.3, 0.4) is 0 Å². The van der Waals surface area contributed by atoms with Crippen LogP contribution >= 0.6 is 0 Å². The van der Waals surface area contributed by atoms with Gasteiger partial charge in [0.1, 0.15) is 5.75 Å². The van der Waals surface area contributed by atoms with Crippen LogP contribution in [-0.2, 0) is 5.54 Å². The molecule has 0 bridgehead atoms. The maximum absolute atomic E-state index is 12.1. The van der Waals surface area contributed by atoms with Crippen molar-refractivity contribution in [2.45, 2.75) is 25.7 Å². The van der Waals surface area contributed by atoms with E-state index in [0.717, 1.165) is 5.56 Å². The predicted octanol–water partition coefficient (Wildman–Crippen LogP) is 2.45. The topological polar surface area (TPSA) is 50.8 Å². The summed E-state index contributed by atoms with van der Waals surface area (Å²) in [5.41, 5.74) is 6.23. The molecule has 1 aromatic carbocycles. The Morgan fingerprint density at radius 1 is 1.35 bits per heavy atom. The molecule has 0 aliphatic carbocycles. The average Bonchev–Trinajstić information content (AvgIpc) is 2.65. The molecule has 0 saturated carbocycles. The molecule has 2 N–H and O–H groups in total. The fourth-order valence-corrected chi connectivity index (χ4v) is 2.43. The lowest BCUT2D eigenvalue weighted by Crippen LogP contribution is -2.47. The molecule has 1 atom stereocenters. The van der Waals surface area contributed by atoms with Crippen LogP contribution in [0.2, 0.25) is 0 Å². The molecule has 7 heteroatoms. The van der Waals surface area contributed by atoms with Crippen molar-refractivity contribution < 1.29 is 17.9 Å². The number of guanidine groups is 1. The molecule has 1 aromatic rings. The van der Waals surface area contributed by atoms with E-state index in [9.17, 15) is 13.2 Å². The molecule has 1 aliphatic heterocycles. The number of aliphatic imine (C=N–C) groups is 1. The van der Waals surface area contributed by atoms with Gasteiger partial charge in [-0.25, -0.2) is 0 Å². The van der Waals surface area contributed by atoms with Gasteiger partial charge in [-0.3, -0.25) is 4.99 Å². The lowest BCUT2D eigenvalue weighted by molar-refractivity contribution is -0.274. The molecule has 4 nitrogen and oxygen atoms in total. The number of halogens is 3. The fraction of sp³-hybridized carbons (Fsp3) is 0.462. The number of rotatable bonds is 3. The highest BCUT2D eigenvalue weighted by molar-refractivity contribution is 5.81. The second kappa shape index (κ2) is 4.88. The van der Waals surface area contributed by atoms with Crippen LogP contribution in [0.1, 0.15) is 19.4 Å². The summed E-state index contributed by atoms with van der Waals surface area (Å²) in [4.78, 5) is 6.13. The quantitative estimate of drug-likeness (QED) is 0.929. The van der Waals surface area contributed by atoms with Gasteiger partial charge in [-0.15, -0.1) is 13.2 Å². The second-order valence-corrected chi connectivity index (χ2v) is 4.76. The number of nitrogens with zero attached hydrogens (tertiary/aromatic N) is 2. The zero-order chi connectivity index (χ0) is 15.0. The van der Waals surface area contributed by atoms with E-state index in [4.69, 9.17) is 5.73 Å². The van der Waals surface area contributed by atoms with Crippen molar-refractivity contribution in [3.63, 3.8) is 0 Å². The molecule has 0 spiro atoms. The normalized spacial score (nSPS) is 22.9. The van der Waals surface area contributed by atoms with Crippen molar-refractivity contribution in [3.05, 3.63) is 29.8 Å². The standard InChI is InChI=1S/C13H16F3N3O/c1-3-19-11(17)18-8-12(19,2)9-4-6-10(7-5-9)20-13(14,15)16/h4-7H,3,8H2,1-2H3,(H2,17,18). The van der Waals surface area contributed by atoms with Gasteiger partial charge < -0.3 is 15.4 Å². The van der Waals surface area contributed by atoms with Crippen molar-refractivity contribution in [1.82, 2.24) is 4.90 Å². The smallest absolute Gasteiger partial charge is 0.406 e. The number of likely N-dealkylation sites (N-methyl/N-ethyl adjacent to an activating group) is 1. The molecule has 110 valence electrons. The Kier molecular flexibility index (Phi) is 3.54. The van der Waals surface area contributed by atoms with Crippen LogP contribution in [0.4, 0.5) is 13.2 Å². The number of alkyl halides is 3. The van der Waals surface area contributed by atoms with Gasteiger partial charge in [0.25, 0.3) is 0 Å². The molecular weight excluding hydrogens is 271 g/mol. The minimum Gasteiger partial charge on any atom is -0.406 e. The highest BCUT2D eigenvalue weighted by atomic mass is 19.4. The average molecular weight is 287 g/mol. The van der Waals surface area contributed by atoms with Crippen LogP contribution in [0, 0.1) is 0 Å². The van der Waals surface area contributed by atoms with E-state index in [2.05, 4.69) is 9.73 Å². The van der Waals surface area contributed by atoms with Gasteiger partial charge in [-0.05, 0) is 31.5 Å². The highest BCUT2D eigenvalue weighted by Crippen LogP contribution is 2.33. The summed E-state index contributed by atoms with van der Waals surface area (Å²) in [7, 11) is 0. The third-order valence-electron chi connectivity index (χ3n) is 3.45. The van der Waals surface area contributed by atoms with Gasteiger partial charge in [0.15, 0.2) is 5.96 Å². The molecule has 1 aliphatic rings. The first-order chi connectivity index (χ1) is 9.26. The van der Waals surface area contributed by atoms with E-state index in [1.165, 1.54) is 12.1 Å². The van der Waals surface area contributed by atoms with Crippen molar-refractivity contribution >= 4 is 5.96 Å². The zero-order valence-electron chi connectivity index (χ0n) is 11.2. The summed E-state index contributed by atoms with van der Waals surface area (Å²) in [6.07, 6.45) is -4.68. The lowest BCUT2D eigenvalue weighted by atomic mass is 9.91. The number of ether oxygens (including phenoxy) is 1. The summed E-state index contributed by atoms with van der Waals surface area (Å²) >= 11 is 0. The molecule has 0 fully saturated rings. The molecular formula is C13H16F3N3O. The summed E-state index contributed by atoms with van der Waals surface area (Å²) in [6, 6.07) is 5.82. The monoisotopic (exact) mass is 287 g/mol. The Bertz CT molecular complexity index is 513. The third-order valence-corrected chi connectivity index (χ3v) is 3.45. The van der Waals surface area contributed by atoms with Crippen LogP contribution in [0.5, 0.6) is 5.75 Å². The predicted molar refractivity (Wildman–Crippen MR) is 69.3 cm³/mol. The van der Waals surface area contributed by atoms with Crippen molar-refractivity contribution in [2.75, 3.05) is 13.1 Å². The Hall–Kier alpha value is -1.92. The van der Waals surface area contributed by atoms with Crippen LogP contribution in [-0.4, -0.2) is 30.3 Å². The first-order valence-corrected chi connectivity index (χ1v) is 6.20. The van der Waals surface area contributed by atoms with Crippen molar-refractivity contribution in [3.8, 4) is 5.75 Å². The molecule has 0 radical (unpaired) electrons. The minimum atomic E-state index is -4.68. The zero-order valence-corrected chi connectivity index (χ0v) is 11.2. The van der Waals surface area contributed by atoms with Crippen LogP contribution < -0.4 is 10.5 Å². The van der Waals surface area contributed by atoms with E-state index in [1.807, 2.05) is 18.7 Å². The van der Waals surface area contributed by atoms with E-state index in [1.54, 1.807) is 12.1 Å². The SMILES string of the molecule is CCN1C(N)=NCC1(C)c1ccc(OC(F)(F)F)cc1. The van der Waals surface area contributed by atoms with Crippen molar-refractivity contribution in [1.29, 1.82) is 0 Å². The molecule has 0 aromatic heterocycles. The molecule has 2 rings (SSSR count). The molecule has 20 heavy (non-hydrogen) atoms. The Morgan fingerprint density at radius 2 is 1.95 bits per heavy atom. The first-order valence-electron chi connectivity index (χ1n) is 6.20. The van der Waals surface area contributed by atoms with E-state index in [-0.39, 0.29) is 5.75 Å². The van der Waals surface area contributed by atoms with E-state index < -0.39 is 11.9 Å². The summed E-state index contributed by atoms with van der Waals surface area (Å²) in [5.74, 6) is 0.213. The van der Waals surface area contributed by atoms with Gasteiger partial charge in [-0.1, -0.05) is 12.1 Å². The molecule has 0 saturated heterocycles. The Labute approximate surface area is 115 Å². The van der Waals surface area contributed by atoms with Gasteiger partial charge in [0, 0.05) is 6.54 Å². The van der Waals surface area contributed by atoms with Crippen LogP contribution in [0.15, 0.2) is 29.3 Å². The largest absolute Gasteiger partial charge is 0.573 e. The summed E-state index contributed by atoms with van der Waals surface area (Å²) in [5, 5.41) is 0. The molecule has 1 unspecified atom stereocenters. The van der Waals surface area contributed by atoms with Gasteiger partial charge in [0.05, 0.1) is 12.1 Å². The van der Waals surface area contributed by atoms with E-state index in [0.29, 0.717) is 19.0 Å². The number of nitrogens with two attached hydrogens (primary N) is 1. The number of hydrogen-bond acceptors (Lipinski definition) is 4. The Balaban J connectivity index is 2.22. The van der Waals surface area contributed by atoms with Gasteiger partial charge in [-0.2, -0.15) is 0 Å². The number of hydrogen-bond donors (Lipinski definition) is 1. The molecule has 1 heterocycles. The maximum atomic E-state index is 12.1. The summed E-state index contributed by atoms with van der Waals surface area (Å²) in [6.45, 7) is 5.06. The van der Waals surface area contributed by atoms with E-state index >= 15 is 0 Å². The van der Waals surface area contributed by atoms with Gasteiger partial charge >= 0.3 is 6.36 Å². The maximum Gasteiger partial charge on any atom is 0.573 e. The molecule has 0 amide bonds. The minimum absolute atomic E-state index is 0.236. The first kappa shape index (κ1) is 14.5. The highest BCUT2D eigenvalue weighted by Gasteiger charge is 2.38. The second-order valence-electron chi connectivity index (χ2n) is 4.76. The summed E-state index contributed by atoms with van der Waals surface area (Å²) < 4.78 is 40.2. The van der Waals surface area contributed by atoms with Crippen LogP contribution in [0.25, 0.3) is 0 Å². The third kappa shape index (κ3) is 2.66. The van der Waals surface area contributed by atoms with Gasteiger partial charge in [0.2, 0.25) is 0 Å².